The third kappa shape index (κ3) is 4.03. The number of amides is 1. The first-order valence-corrected chi connectivity index (χ1v) is 9.91. The number of carbonyl (C=O) groups is 2. The first-order chi connectivity index (χ1) is 12.4. The van der Waals surface area contributed by atoms with Crippen LogP contribution in [0, 0.1) is 3.57 Å². The lowest BCUT2D eigenvalue weighted by Crippen LogP contribution is -2.36. The molecule has 1 atom stereocenters. The molecule has 2 aromatic carbocycles. The molecule has 1 amide bonds. The van der Waals surface area contributed by atoms with Gasteiger partial charge in [0.1, 0.15) is 5.75 Å². The Morgan fingerprint density at radius 3 is 2.77 bits per heavy atom. The monoisotopic (exact) mass is 529 g/mol. The van der Waals surface area contributed by atoms with E-state index in [2.05, 4.69) is 49.9 Å². The van der Waals surface area contributed by atoms with Crippen LogP contribution in [0.4, 0.5) is 0 Å². The van der Waals surface area contributed by atoms with Crippen molar-refractivity contribution in [1.29, 1.82) is 0 Å². The quantitative estimate of drug-likeness (QED) is 0.580. The van der Waals surface area contributed by atoms with Crippen molar-refractivity contribution in [3.05, 3.63) is 60.6 Å². The molecule has 26 heavy (non-hydrogen) atoms. The number of carbonyl (C=O) groups excluding carboxylic acids is 1. The smallest absolute Gasteiger partial charge is 0.335 e. The number of aromatic carboxylic acids is 1. The van der Waals surface area contributed by atoms with Gasteiger partial charge in [0.25, 0.3) is 0 Å². The van der Waals surface area contributed by atoms with Crippen molar-refractivity contribution in [3.63, 3.8) is 0 Å². The Hall–Kier alpha value is -1.61. The van der Waals surface area contributed by atoms with Gasteiger partial charge in [-0.25, -0.2) is 4.79 Å². The third-order valence-electron chi connectivity index (χ3n) is 4.46. The minimum Gasteiger partial charge on any atom is -0.496 e. The molecule has 2 aromatic rings. The fourth-order valence-electron chi connectivity index (χ4n) is 3.25. The number of benzene rings is 2. The van der Waals surface area contributed by atoms with Gasteiger partial charge in [-0.3, -0.25) is 4.79 Å². The van der Waals surface area contributed by atoms with Crippen LogP contribution in [0.15, 0.2) is 34.8 Å². The Kier molecular flexibility index (Phi) is 5.86. The van der Waals surface area contributed by atoms with Crippen molar-refractivity contribution < 1.29 is 19.4 Å². The maximum absolute atomic E-state index is 12.5. The topological polar surface area (TPSA) is 75.6 Å². The fraction of sp³-hybridized carbons (Fsp3) is 0.263. The number of hydrogen-bond donors (Lipinski definition) is 2. The number of nitrogens with one attached hydrogen (secondary N) is 1. The number of ether oxygens (including phenoxy) is 1. The van der Waals surface area contributed by atoms with Crippen LogP contribution in [0.25, 0.3) is 0 Å². The number of rotatable bonds is 5. The maximum atomic E-state index is 12.5. The summed E-state index contributed by atoms with van der Waals surface area (Å²) in [4.78, 5) is 23.6. The van der Waals surface area contributed by atoms with Crippen molar-refractivity contribution in [3.8, 4) is 5.75 Å². The van der Waals surface area contributed by atoms with E-state index in [4.69, 9.17) is 9.84 Å². The highest BCUT2D eigenvalue weighted by atomic mass is 127. The maximum Gasteiger partial charge on any atom is 0.335 e. The largest absolute Gasteiger partial charge is 0.496 e. The molecule has 0 bridgehead atoms. The van der Waals surface area contributed by atoms with Gasteiger partial charge in [0.2, 0.25) is 5.91 Å². The lowest BCUT2D eigenvalue weighted by Gasteiger charge is -2.14. The lowest BCUT2D eigenvalue weighted by atomic mass is 10.1. The van der Waals surface area contributed by atoms with Crippen LogP contribution in [-0.4, -0.2) is 30.1 Å². The molecule has 1 unspecified atom stereocenters. The second-order valence-electron chi connectivity index (χ2n) is 6.17. The van der Waals surface area contributed by atoms with Gasteiger partial charge in [-0.2, -0.15) is 0 Å². The van der Waals surface area contributed by atoms with Crippen LogP contribution >= 0.6 is 38.5 Å². The number of carboxylic acid groups (broad SMARTS) is 1. The average Bonchev–Trinajstić information content (AvgIpc) is 2.99. The molecular formula is C19H17BrINO4. The van der Waals surface area contributed by atoms with Crippen LogP contribution in [-0.2, 0) is 24.1 Å². The van der Waals surface area contributed by atoms with Gasteiger partial charge in [0, 0.05) is 14.1 Å². The summed E-state index contributed by atoms with van der Waals surface area (Å²) in [6, 6.07) is 9.12. The van der Waals surface area contributed by atoms with Gasteiger partial charge >= 0.3 is 5.97 Å². The second-order valence-corrected chi connectivity index (χ2v) is 8.19. The van der Waals surface area contributed by atoms with E-state index in [-0.39, 0.29) is 23.9 Å². The zero-order valence-corrected chi connectivity index (χ0v) is 17.8. The summed E-state index contributed by atoms with van der Waals surface area (Å²) in [6.07, 6.45) is 1.73. The lowest BCUT2D eigenvalue weighted by molar-refractivity contribution is -0.121. The number of carboxylic acids is 1. The third-order valence-corrected chi connectivity index (χ3v) is 6.13. The van der Waals surface area contributed by atoms with E-state index >= 15 is 0 Å². The average molecular weight is 530 g/mol. The molecule has 3 rings (SSSR count). The summed E-state index contributed by atoms with van der Waals surface area (Å²) < 4.78 is 6.78. The molecule has 0 radical (unpaired) electrons. The Morgan fingerprint density at radius 2 is 2.12 bits per heavy atom. The van der Waals surface area contributed by atoms with Gasteiger partial charge in [-0.05, 0) is 70.3 Å². The second kappa shape index (κ2) is 7.96. The van der Waals surface area contributed by atoms with Crippen molar-refractivity contribution in [2.24, 2.45) is 0 Å². The molecule has 0 aromatic heterocycles. The van der Waals surface area contributed by atoms with Gasteiger partial charge in [0.15, 0.2) is 0 Å². The molecule has 0 heterocycles. The highest BCUT2D eigenvalue weighted by Gasteiger charge is 2.26. The van der Waals surface area contributed by atoms with Crippen molar-refractivity contribution in [2.75, 3.05) is 7.11 Å². The molecule has 0 saturated heterocycles. The van der Waals surface area contributed by atoms with Gasteiger partial charge in [-0.1, -0.05) is 28.1 Å². The molecule has 0 spiro atoms. The fourth-order valence-corrected chi connectivity index (χ4v) is 5.03. The van der Waals surface area contributed by atoms with E-state index < -0.39 is 5.97 Å². The summed E-state index contributed by atoms with van der Waals surface area (Å²) in [5, 5.41) is 12.2. The summed E-state index contributed by atoms with van der Waals surface area (Å²) in [5.41, 5.74) is 3.35. The zero-order chi connectivity index (χ0) is 18.8. The first kappa shape index (κ1) is 19.2. The minimum absolute atomic E-state index is 0.0449. The van der Waals surface area contributed by atoms with Crippen molar-refractivity contribution in [1.82, 2.24) is 5.32 Å². The summed E-state index contributed by atoms with van der Waals surface area (Å²) in [7, 11) is 1.65. The van der Waals surface area contributed by atoms with E-state index in [1.54, 1.807) is 13.2 Å². The molecule has 0 aliphatic heterocycles. The first-order valence-electron chi connectivity index (χ1n) is 8.04. The van der Waals surface area contributed by atoms with Crippen molar-refractivity contribution in [2.45, 2.75) is 25.3 Å². The summed E-state index contributed by atoms with van der Waals surface area (Å²) >= 11 is 5.45. The molecule has 7 heteroatoms. The molecule has 1 aliphatic rings. The molecule has 0 fully saturated rings. The van der Waals surface area contributed by atoms with Gasteiger partial charge in [0.05, 0.1) is 19.1 Å². The number of methoxy groups -OCH3 is 1. The van der Waals surface area contributed by atoms with E-state index in [0.717, 1.165) is 33.3 Å². The van der Waals surface area contributed by atoms with Gasteiger partial charge in [-0.15, -0.1) is 0 Å². The van der Waals surface area contributed by atoms with Crippen LogP contribution < -0.4 is 10.1 Å². The molecule has 2 N–H and O–H groups in total. The Labute approximate surface area is 173 Å². The summed E-state index contributed by atoms with van der Waals surface area (Å²) in [5.74, 6) is -0.207. The Balaban J connectivity index is 1.68. The number of fused-ring (bicyclic) bond motifs is 1. The summed E-state index contributed by atoms with van der Waals surface area (Å²) in [6.45, 7) is 0. The van der Waals surface area contributed by atoms with Crippen molar-refractivity contribution >= 4 is 50.4 Å². The molecular weight excluding hydrogens is 513 g/mol. The SMILES string of the molecule is COc1cccc2c1CC(NC(=O)Cc1c(Br)cc(C(=O)O)cc1I)C2. The molecule has 1 aliphatic carbocycles. The van der Waals surface area contributed by atoms with E-state index in [1.807, 2.05) is 12.1 Å². The van der Waals surface area contributed by atoms with Crippen LogP contribution in [0.3, 0.4) is 0 Å². The van der Waals surface area contributed by atoms with Gasteiger partial charge < -0.3 is 15.2 Å². The zero-order valence-electron chi connectivity index (χ0n) is 14.0. The predicted octanol–water partition coefficient (Wildman–Crippen LogP) is 3.59. The van der Waals surface area contributed by atoms with Crippen LogP contribution in [0.1, 0.15) is 27.0 Å². The van der Waals surface area contributed by atoms with E-state index in [1.165, 1.54) is 11.6 Å². The Bertz CT molecular complexity index is 861. The minimum atomic E-state index is -0.989. The van der Waals surface area contributed by atoms with Crippen LogP contribution in [0.2, 0.25) is 0 Å². The van der Waals surface area contributed by atoms with E-state index in [0.29, 0.717) is 4.47 Å². The van der Waals surface area contributed by atoms with Crippen LogP contribution in [0.5, 0.6) is 5.75 Å². The molecule has 5 nitrogen and oxygen atoms in total. The predicted molar refractivity (Wildman–Crippen MR) is 110 cm³/mol. The van der Waals surface area contributed by atoms with E-state index in [9.17, 15) is 9.59 Å². The standard InChI is InChI=1S/C19H17BrINO4/c1-26-17-4-2-3-10-5-12(8-13(10)17)22-18(23)9-14-15(20)6-11(19(24)25)7-16(14)21/h2-4,6-7,12H,5,8-9H2,1H3,(H,22,23)(H,24,25). The number of halogens is 2. The normalized spacial score (nSPS) is 15.4. The molecule has 0 saturated carbocycles. The molecule has 136 valence electrons. The Morgan fingerprint density at radius 1 is 1.35 bits per heavy atom. The highest BCUT2D eigenvalue weighted by Crippen LogP contribution is 2.31. The number of hydrogen-bond acceptors (Lipinski definition) is 3. The highest BCUT2D eigenvalue weighted by molar-refractivity contribution is 14.1.